The predicted octanol–water partition coefficient (Wildman–Crippen LogP) is 3.35. The Hall–Kier alpha value is -1.20. The van der Waals surface area contributed by atoms with Crippen LogP contribution in [0.25, 0.3) is 11.4 Å². The average Bonchev–Trinajstić information content (AvgIpc) is 3.07. The molecular weight excluding hydrogens is 258 g/mol. The van der Waals surface area contributed by atoms with E-state index in [0.29, 0.717) is 12.0 Å². The molecule has 1 saturated carbocycles. The highest BCUT2D eigenvalue weighted by Crippen LogP contribution is 2.33. The molecule has 102 valence electrons. The van der Waals surface area contributed by atoms with Gasteiger partial charge in [0.1, 0.15) is 0 Å². The minimum Gasteiger partial charge on any atom is -0.339 e. The second-order valence-electron chi connectivity index (χ2n) is 5.26. The maximum absolute atomic E-state index is 5.47. The molecule has 0 unspecified atom stereocenters. The minimum absolute atomic E-state index is 0.435. The Balaban J connectivity index is 1.74. The van der Waals surface area contributed by atoms with Crippen LogP contribution in [0.5, 0.6) is 0 Å². The summed E-state index contributed by atoms with van der Waals surface area (Å²) in [5, 5.41) is 11.7. The first-order valence-electron chi connectivity index (χ1n) is 6.82. The lowest BCUT2D eigenvalue weighted by molar-refractivity contribution is 0.289. The van der Waals surface area contributed by atoms with E-state index in [-0.39, 0.29) is 0 Å². The van der Waals surface area contributed by atoms with Gasteiger partial charge in [-0.15, -0.1) is 0 Å². The standard InChI is InChI=1S/C14H19N3OS/c1-9-7-19-8-12(9)13-16-14(18-17-13)10-3-5-11(15-2)6-4-10/h7-8,10-11,15H,3-6H2,1-2H3. The molecule has 0 aromatic carbocycles. The minimum atomic E-state index is 0.435. The van der Waals surface area contributed by atoms with E-state index in [4.69, 9.17) is 4.52 Å². The first kappa shape index (κ1) is 12.8. The lowest BCUT2D eigenvalue weighted by Gasteiger charge is -2.25. The lowest BCUT2D eigenvalue weighted by atomic mass is 9.86. The van der Waals surface area contributed by atoms with Gasteiger partial charge in [-0.05, 0) is 50.6 Å². The summed E-state index contributed by atoms with van der Waals surface area (Å²) in [5.41, 5.74) is 2.32. The summed E-state index contributed by atoms with van der Waals surface area (Å²) < 4.78 is 5.47. The Morgan fingerprint density at radius 3 is 2.68 bits per heavy atom. The summed E-state index contributed by atoms with van der Waals surface area (Å²) in [5.74, 6) is 1.99. The third-order valence-corrected chi connectivity index (χ3v) is 4.88. The van der Waals surface area contributed by atoms with E-state index in [1.807, 2.05) is 7.05 Å². The summed E-state index contributed by atoms with van der Waals surface area (Å²) in [6.45, 7) is 2.08. The highest BCUT2D eigenvalue weighted by Gasteiger charge is 2.26. The molecule has 3 rings (SSSR count). The lowest BCUT2D eigenvalue weighted by Crippen LogP contribution is -2.29. The number of hydrogen-bond acceptors (Lipinski definition) is 5. The van der Waals surface area contributed by atoms with Crippen molar-refractivity contribution in [3.05, 3.63) is 22.2 Å². The van der Waals surface area contributed by atoms with Crippen molar-refractivity contribution in [1.82, 2.24) is 15.5 Å². The fourth-order valence-electron chi connectivity index (χ4n) is 2.73. The van der Waals surface area contributed by atoms with Crippen molar-refractivity contribution in [2.24, 2.45) is 0 Å². The fourth-order valence-corrected chi connectivity index (χ4v) is 3.56. The third kappa shape index (κ3) is 2.58. The van der Waals surface area contributed by atoms with Crippen molar-refractivity contribution in [2.75, 3.05) is 7.05 Å². The van der Waals surface area contributed by atoms with Gasteiger partial charge >= 0.3 is 0 Å². The highest BCUT2D eigenvalue weighted by molar-refractivity contribution is 7.08. The Bertz CT molecular complexity index is 540. The fraction of sp³-hybridized carbons (Fsp3) is 0.571. The summed E-state index contributed by atoms with van der Waals surface area (Å²) in [6.07, 6.45) is 4.65. The number of thiophene rings is 1. The van der Waals surface area contributed by atoms with Crippen LogP contribution in [-0.2, 0) is 0 Å². The smallest absolute Gasteiger partial charge is 0.230 e. The monoisotopic (exact) mass is 277 g/mol. The van der Waals surface area contributed by atoms with Crippen LogP contribution in [-0.4, -0.2) is 23.2 Å². The van der Waals surface area contributed by atoms with E-state index in [9.17, 15) is 0 Å². The molecule has 0 saturated heterocycles. The van der Waals surface area contributed by atoms with Gasteiger partial charge in [0.25, 0.3) is 0 Å². The molecular formula is C14H19N3OS. The van der Waals surface area contributed by atoms with E-state index in [1.54, 1.807) is 11.3 Å². The van der Waals surface area contributed by atoms with Crippen LogP contribution in [0.4, 0.5) is 0 Å². The zero-order valence-corrected chi connectivity index (χ0v) is 12.2. The summed E-state index contributed by atoms with van der Waals surface area (Å²) in [4.78, 5) is 4.60. The number of aromatic nitrogens is 2. The Morgan fingerprint density at radius 2 is 2.05 bits per heavy atom. The molecule has 0 amide bonds. The number of hydrogen-bond donors (Lipinski definition) is 1. The van der Waals surface area contributed by atoms with Gasteiger partial charge in [-0.1, -0.05) is 5.16 Å². The van der Waals surface area contributed by atoms with Gasteiger partial charge in [0.15, 0.2) is 0 Å². The molecule has 5 heteroatoms. The molecule has 1 aliphatic carbocycles. The average molecular weight is 277 g/mol. The van der Waals surface area contributed by atoms with Crippen LogP contribution >= 0.6 is 11.3 Å². The van der Waals surface area contributed by atoms with Crippen molar-refractivity contribution in [2.45, 2.75) is 44.6 Å². The van der Waals surface area contributed by atoms with Gasteiger partial charge < -0.3 is 9.84 Å². The molecule has 0 radical (unpaired) electrons. The van der Waals surface area contributed by atoms with Gasteiger partial charge in [0.2, 0.25) is 11.7 Å². The SMILES string of the molecule is CNC1CCC(c2nc(-c3cscc3C)no2)CC1. The highest BCUT2D eigenvalue weighted by atomic mass is 32.1. The first-order valence-corrected chi connectivity index (χ1v) is 7.76. The first-order chi connectivity index (χ1) is 9.28. The second-order valence-corrected chi connectivity index (χ2v) is 6.01. The molecule has 2 aromatic heterocycles. The van der Waals surface area contributed by atoms with Crippen molar-refractivity contribution in [1.29, 1.82) is 0 Å². The van der Waals surface area contributed by atoms with Gasteiger partial charge in [-0.25, -0.2) is 0 Å². The zero-order valence-electron chi connectivity index (χ0n) is 11.3. The molecule has 0 bridgehead atoms. The molecule has 0 atom stereocenters. The molecule has 1 fully saturated rings. The summed E-state index contributed by atoms with van der Waals surface area (Å²) >= 11 is 1.68. The van der Waals surface area contributed by atoms with E-state index in [2.05, 4.69) is 33.1 Å². The third-order valence-electron chi connectivity index (χ3n) is 4.02. The van der Waals surface area contributed by atoms with Crippen LogP contribution in [0, 0.1) is 6.92 Å². The number of aryl methyl sites for hydroxylation is 1. The van der Waals surface area contributed by atoms with Crippen molar-refractivity contribution < 1.29 is 4.52 Å². The Morgan fingerprint density at radius 1 is 1.26 bits per heavy atom. The second kappa shape index (κ2) is 5.43. The van der Waals surface area contributed by atoms with Crippen LogP contribution < -0.4 is 5.32 Å². The van der Waals surface area contributed by atoms with E-state index in [1.165, 1.54) is 18.4 Å². The van der Waals surface area contributed by atoms with Crippen LogP contribution in [0.1, 0.15) is 43.1 Å². The number of rotatable bonds is 3. The maximum atomic E-state index is 5.47. The van der Waals surface area contributed by atoms with E-state index in [0.717, 1.165) is 30.1 Å². The summed E-state index contributed by atoms with van der Waals surface area (Å²) in [6, 6.07) is 0.651. The quantitative estimate of drug-likeness (QED) is 0.934. The molecule has 1 N–H and O–H groups in total. The maximum Gasteiger partial charge on any atom is 0.230 e. The number of nitrogens with one attached hydrogen (secondary N) is 1. The summed E-state index contributed by atoms with van der Waals surface area (Å²) in [7, 11) is 2.04. The van der Waals surface area contributed by atoms with Crippen LogP contribution in [0.15, 0.2) is 15.3 Å². The van der Waals surface area contributed by atoms with Gasteiger partial charge in [0.05, 0.1) is 0 Å². The molecule has 1 aliphatic rings. The molecule has 19 heavy (non-hydrogen) atoms. The molecule has 2 aromatic rings. The largest absolute Gasteiger partial charge is 0.339 e. The molecule has 2 heterocycles. The molecule has 0 spiro atoms. The van der Waals surface area contributed by atoms with Gasteiger partial charge in [-0.2, -0.15) is 16.3 Å². The molecule has 4 nitrogen and oxygen atoms in total. The zero-order chi connectivity index (χ0) is 13.2. The Labute approximate surface area is 117 Å². The predicted molar refractivity (Wildman–Crippen MR) is 76.4 cm³/mol. The van der Waals surface area contributed by atoms with Crippen molar-refractivity contribution in [3.63, 3.8) is 0 Å². The molecule has 0 aliphatic heterocycles. The van der Waals surface area contributed by atoms with Gasteiger partial charge in [0, 0.05) is 22.9 Å². The normalized spacial score (nSPS) is 23.7. The Kier molecular flexibility index (Phi) is 3.66. The van der Waals surface area contributed by atoms with Crippen molar-refractivity contribution in [3.8, 4) is 11.4 Å². The topological polar surface area (TPSA) is 51.0 Å². The number of nitrogens with zero attached hydrogens (tertiary/aromatic N) is 2. The van der Waals surface area contributed by atoms with E-state index >= 15 is 0 Å². The van der Waals surface area contributed by atoms with Gasteiger partial charge in [-0.3, -0.25) is 0 Å². The van der Waals surface area contributed by atoms with Crippen molar-refractivity contribution >= 4 is 11.3 Å². The van der Waals surface area contributed by atoms with Crippen LogP contribution in [0.3, 0.4) is 0 Å². The van der Waals surface area contributed by atoms with E-state index < -0.39 is 0 Å². The van der Waals surface area contributed by atoms with Crippen LogP contribution in [0.2, 0.25) is 0 Å².